The van der Waals surface area contributed by atoms with Gasteiger partial charge in [0.25, 0.3) is 15.9 Å². The van der Waals surface area contributed by atoms with Gasteiger partial charge < -0.3 is 5.32 Å². The van der Waals surface area contributed by atoms with Crippen molar-refractivity contribution in [3.05, 3.63) is 60.8 Å². The highest BCUT2D eigenvalue weighted by molar-refractivity contribution is 7.92. The molecule has 0 atom stereocenters. The van der Waals surface area contributed by atoms with E-state index in [0.29, 0.717) is 11.3 Å². The zero-order valence-corrected chi connectivity index (χ0v) is 12.7. The Kier molecular flexibility index (Phi) is 4.57. The third kappa shape index (κ3) is 3.92. The lowest BCUT2D eigenvalue weighted by Crippen LogP contribution is -2.14. The Bertz CT molecular complexity index is 785. The minimum atomic E-state index is -3.68. The highest BCUT2D eigenvalue weighted by atomic mass is 32.2. The molecule has 0 aliphatic carbocycles. The van der Waals surface area contributed by atoms with Crippen molar-refractivity contribution in [2.45, 2.75) is 11.8 Å². The molecule has 1 amide bonds. The molecule has 0 aliphatic heterocycles. The number of hydrogen-bond acceptors (Lipinski definition) is 4. The maximum atomic E-state index is 12.1. The van der Waals surface area contributed by atoms with Crippen LogP contribution in [0.25, 0.3) is 0 Å². The number of nitrogens with zero attached hydrogens (tertiary/aromatic N) is 1. The maximum absolute atomic E-state index is 12.1. The summed E-state index contributed by atoms with van der Waals surface area (Å²) < 4.78 is 26.6. The quantitative estimate of drug-likeness (QED) is 0.829. The van der Waals surface area contributed by atoms with Gasteiger partial charge in [-0.15, -0.1) is 0 Å². The number of anilines is 2. The maximum Gasteiger partial charge on any atom is 0.263 e. The molecule has 1 aromatic carbocycles. The van der Waals surface area contributed by atoms with E-state index in [-0.39, 0.29) is 16.6 Å². The Morgan fingerprint density at radius 2 is 1.82 bits per heavy atom. The Labute approximate surface area is 129 Å². The second kappa shape index (κ2) is 6.40. The molecule has 7 heteroatoms. The molecule has 114 valence electrons. The van der Waals surface area contributed by atoms with Gasteiger partial charge in [-0.3, -0.25) is 9.52 Å². The number of amides is 1. The first-order chi connectivity index (χ1) is 10.4. The van der Waals surface area contributed by atoms with E-state index >= 15 is 0 Å². The van der Waals surface area contributed by atoms with E-state index in [4.69, 9.17) is 0 Å². The average molecular weight is 317 g/mol. The van der Waals surface area contributed by atoms with Crippen molar-refractivity contribution in [1.82, 2.24) is 4.98 Å². The van der Waals surface area contributed by atoms with E-state index < -0.39 is 10.0 Å². The molecule has 0 saturated carbocycles. The van der Waals surface area contributed by atoms with Crippen molar-refractivity contribution < 1.29 is 13.2 Å². The van der Waals surface area contributed by atoms with Crippen molar-refractivity contribution in [2.24, 2.45) is 0 Å². The summed E-state index contributed by atoms with van der Waals surface area (Å²) in [6, 6.07) is 11.0. The fourth-order valence-electron chi connectivity index (χ4n) is 1.56. The van der Waals surface area contributed by atoms with Gasteiger partial charge in [0.1, 0.15) is 5.82 Å². The van der Waals surface area contributed by atoms with Crippen molar-refractivity contribution in [1.29, 1.82) is 0 Å². The van der Waals surface area contributed by atoms with E-state index in [0.717, 1.165) is 0 Å². The van der Waals surface area contributed by atoms with Crippen molar-refractivity contribution in [3.63, 3.8) is 0 Å². The predicted molar refractivity (Wildman–Crippen MR) is 84.9 cm³/mol. The fraction of sp³-hybridized carbons (Fsp3) is 0.0667. The molecule has 0 aliphatic rings. The molecule has 1 aromatic heterocycles. The van der Waals surface area contributed by atoms with Crippen LogP contribution in [0.15, 0.2) is 65.7 Å². The minimum Gasteiger partial charge on any atom is -0.321 e. The van der Waals surface area contributed by atoms with Gasteiger partial charge in [0.15, 0.2) is 0 Å². The number of sulfonamides is 1. The van der Waals surface area contributed by atoms with Crippen LogP contribution >= 0.6 is 0 Å². The highest BCUT2D eigenvalue weighted by Crippen LogP contribution is 2.15. The smallest absolute Gasteiger partial charge is 0.263 e. The molecule has 22 heavy (non-hydrogen) atoms. The number of aromatic nitrogens is 1. The minimum absolute atomic E-state index is 0.150. The van der Waals surface area contributed by atoms with Crippen LogP contribution in [0.3, 0.4) is 0 Å². The first kappa shape index (κ1) is 15.7. The summed E-state index contributed by atoms with van der Waals surface area (Å²) in [4.78, 5) is 15.6. The van der Waals surface area contributed by atoms with Crippen LogP contribution in [-0.4, -0.2) is 19.3 Å². The summed E-state index contributed by atoms with van der Waals surface area (Å²) in [7, 11) is -3.68. The molecule has 0 spiro atoms. The third-order valence-electron chi connectivity index (χ3n) is 2.70. The number of carbonyl (C=O) groups excluding carboxylic acids is 1. The van der Waals surface area contributed by atoms with Crippen LogP contribution in [0.5, 0.6) is 0 Å². The van der Waals surface area contributed by atoms with Gasteiger partial charge in [0.2, 0.25) is 0 Å². The zero-order valence-electron chi connectivity index (χ0n) is 11.9. The lowest BCUT2D eigenvalue weighted by Gasteiger charge is -2.08. The molecule has 0 radical (unpaired) electrons. The topological polar surface area (TPSA) is 88.2 Å². The van der Waals surface area contributed by atoms with E-state index in [9.17, 15) is 13.2 Å². The van der Waals surface area contributed by atoms with Crippen LogP contribution in [-0.2, 0) is 14.8 Å². The average Bonchev–Trinajstić information content (AvgIpc) is 2.50. The van der Waals surface area contributed by atoms with Crippen molar-refractivity contribution in [3.8, 4) is 0 Å². The number of rotatable bonds is 5. The molecule has 2 rings (SSSR count). The monoisotopic (exact) mass is 317 g/mol. The van der Waals surface area contributed by atoms with E-state index in [1.807, 2.05) is 0 Å². The lowest BCUT2D eigenvalue weighted by atomic mass is 10.3. The Hall–Kier alpha value is -2.67. The Morgan fingerprint density at radius 3 is 2.36 bits per heavy atom. The molecule has 2 N–H and O–H groups in total. The number of benzene rings is 1. The van der Waals surface area contributed by atoms with Crippen molar-refractivity contribution >= 4 is 27.4 Å². The van der Waals surface area contributed by atoms with E-state index in [1.165, 1.54) is 24.4 Å². The van der Waals surface area contributed by atoms with Crippen LogP contribution < -0.4 is 10.0 Å². The highest BCUT2D eigenvalue weighted by Gasteiger charge is 2.14. The summed E-state index contributed by atoms with van der Waals surface area (Å²) in [5, 5.41) is 2.58. The fourth-order valence-corrected chi connectivity index (χ4v) is 2.59. The first-order valence-corrected chi connectivity index (χ1v) is 7.87. The lowest BCUT2D eigenvalue weighted by molar-refractivity contribution is -0.112. The first-order valence-electron chi connectivity index (χ1n) is 6.39. The molecule has 2 aromatic rings. The summed E-state index contributed by atoms with van der Waals surface area (Å²) in [5.74, 6) is -0.156. The number of nitrogens with one attached hydrogen (secondary N) is 2. The van der Waals surface area contributed by atoms with Gasteiger partial charge in [-0.05, 0) is 31.2 Å². The molecule has 1 heterocycles. The van der Waals surface area contributed by atoms with Crippen LogP contribution in [0, 0.1) is 0 Å². The van der Waals surface area contributed by atoms with E-state index in [2.05, 4.69) is 21.6 Å². The standard InChI is InChI=1S/C15H15N3O3S/c1-11(2)15(19)17-12-8-9-14(16-10-12)18-22(20,21)13-6-4-3-5-7-13/h3-10H,1H2,2H3,(H,16,18)(H,17,19). The van der Waals surface area contributed by atoms with Crippen LogP contribution in [0.1, 0.15) is 6.92 Å². The number of carbonyl (C=O) groups is 1. The van der Waals surface area contributed by atoms with Gasteiger partial charge in [0.05, 0.1) is 16.8 Å². The SMILES string of the molecule is C=C(C)C(=O)Nc1ccc(NS(=O)(=O)c2ccccc2)nc1. The second-order valence-corrected chi connectivity index (χ2v) is 6.27. The van der Waals surface area contributed by atoms with Gasteiger partial charge >= 0.3 is 0 Å². The molecule has 0 saturated heterocycles. The van der Waals surface area contributed by atoms with Gasteiger partial charge in [-0.1, -0.05) is 24.8 Å². The third-order valence-corrected chi connectivity index (χ3v) is 4.07. The normalized spacial score (nSPS) is 10.8. The van der Waals surface area contributed by atoms with Crippen LogP contribution in [0.2, 0.25) is 0 Å². The molecule has 0 bridgehead atoms. The van der Waals surface area contributed by atoms with Gasteiger partial charge in [-0.25, -0.2) is 13.4 Å². The summed E-state index contributed by atoms with van der Waals surface area (Å²) in [6.07, 6.45) is 1.36. The summed E-state index contributed by atoms with van der Waals surface area (Å²) >= 11 is 0. The molecular formula is C15H15N3O3S. The molecular weight excluding hydrogens is 302 g/mol. The zero-order chi connectivity index (χ0) is 16.2. The predicted octanol–water partition coefficient (Wildman–Crippen LogP) is 2.40. The molecule has 6 nitrogen and oxygen atoms in total. The van der Waals surface area contributed by atoms with E-state index in [1.54, 1.807) is 31.2 Å². The van der Waals surface area contributed by atoms with Crippen LogP contribution in [0.4, 0.5) is 11.5 Å². The van der Waals surface area contributed by atoms with Gasteiger partial charge in [-0.2, -0.15) is 0 Å². The Morgan fingerprint density at radius 1 is 1.14 bits per heavy atom. The number of hydrogen-bond donors (Lipinski definition) is 2. The number of pyridine rings is 1. The molecule has 0 fully saturated rings. The van der Waals surface area contributed by atoms with Gasteiger partial charge in [0, 0.05) is 5.57 Å². The second-order valence-electron chi connectivity index (χ2n) is 4.59. The molecule has 0 unspecified atom stereocenters. The summed E-state index contributed by atoms with van der Waals surface area (Å²) in [5.41, 5.74) is 0.824. The summed E-state index contributed by atoms with van der Waals surface area (Å²) in [6.45, 7) is 5.12. The largest absolute Gasteiger partial charge is 0.321 e. The van der Waals surface area contributed by atoms with Crippen molar-refractivity contribution in [2.75, 3.05) is 10.0 Å². The Balaban J connectivity index is 2.12.